The minimum atomic E-state index is -0.449. The average Bonchev–Trinajstić information content (AvgIpc) is 3.01. The molecule has 4 aromatic carbocycles. The summed E-state index contributed by atoms with van der Waals surface area (Å²) in [5.74, 6) is 0.399. The molecule has 0 saturated carbocycles. The van der Waals surface area contributed by atoms with Crippen molar-refractivity contribution in [1.29, 1.82) is 0 Å². The van der Waals surface area contributed by atoms with Gasteiger partial charge in [-0.15, -0.1) is 0 Å². The predicted octanol–water partition coefficient (Wildman–Crippen LogP) is 6.64. The zero-order valence-electron chi connectivity index (χ0n) is 23.0. The quantitative estimate of drug-likeness (QED) is 0.0619. The lowest BCUT2D eigenvalue weighted by atomic mass is 10.1. The first-order chi connectivity index (χ1) is 21.4. The van der Waals surface area contributed by atoms with Gasteiger partial charge in [-0.25, -0.2) is 9.97 Å². The summed E-state index contributed by atoms with van der Waals surface area (Å²) < 4.78 is 0. The van der Waals surface area contributed by atoms with Crippen LogP contribution in [0.2, 0.25) is 0 Å². The molecule has 0 radical (unpaired) electrons. The summed E-state index contributed by atoms with van der Waals surface area (Å²) in [5.41, 5.74) is 3.51. The second-order valence-corrected chi connectivity index (χ2v) is 11.0. The first kappa shape index (κ1) is 28.6. The fourth-order valence-electron chi connectivity index (χ4n) is 4.37. The number of H-pyrrole nitrogens is 1. The lowest BCUT2D eigenvalue weighted by Gasteiger charge is -2.13. The zero-order valence-corrected chi connectivity index (χ0v) is 24.6. The van der Waals surface area contributed by atoms with E-state index in [9.17, 15) is 15.0 Å². The first-order valence-corrected chi connectivity index (χ1v) is 14.8. The number of para-hydroxylation sites is 1. The first-order valence-electron chi connectivity index (χ1n) is 13.4. The van der Waals surface area contributed by atoms with E-state index in [1.165, 1.54) is 30.0 Å². The van der Waals surface area contributed by atoms with Crippen molar-refractivity contribution in [2.24, 2.45) is 0 Å². The number of aromatic hydroxyl groups is 2. The highest BCUT2D eigenvalue weighted by atomic mass is 32.2. The van der Waals surface area contributed by atoms with E-state index in [0.717, 1.165) is 16.9 Å². The number of thioether (sulfide) groups is 1. The molecule has 6 rings (SSSR count). The van der Waals surface area contributed by atoms with Crippen LogP contribution < -0.4 is 21.5 Å². The van der Waals surface area contributed by atoms with E-state index in [0.29, 0.717) is 21.7 Å². The lowest BCUT2D eigenvalue weighted by molar-refractivity contribution is 0.452. The predicted molar refractivity (Wildman–Crippen MR) is 179 cm³/mol. The SMILES string of the molecule is O=c1[nH]c(SCc2ccccc2)nc2nc(Nc3ccc(NC(=S)Nc4ccccc4)cc3)nc(-c3ccc(O)cc3O)c12. The number of hydrogen-bond acceptors (Lipinski definition) is 9. The van der Waals surface area contributed by atoms with Gasteiger partial charge in [0.2, 0.25) is 5.95 Å². The molecule has 218 valence electrons. The van der Waals surface area contributed by atoms with Gasteiger partial charge in [-0.05, 0) is 66.3 Å². The number of phenols is 2. The maximum absolute atomic E-state index is 13.3. The number of aromatic nitrogens is 4. The Labute approximate surface area is 261 Å². The third-order valence-electron chi connectivity index (χ3n) is 6.43. The molecular formula is C32H25N7O3S2. The molecule has 0 aliphatic heterocycles. The smallest absolute Gasteiger partial charge is 0.263 e. The number of aromatic amines is 1. The second-order valence-electron chi connectivity index (χ2n) is 9.59. The van der Waals surface area contributed by atoms with Crippen LogP contribution in [0.25, 0.3) is 22.3 Å². The van der Waals surface area contributed by atoms with Crippen LogP contribution in [0, 0.1) is 0 Å². The van der Waals surface area contributed by atoms with Gasteiger partial charge in [0.1, 0.15) is 16.9 Å². The van der Waals surface area contributed by atoms with Gasteiger partial charge in [0.15, 0.2) is 15.9 Å². The molecule has 44 heavy (non-hydrogen) atoms. The molecule has 6 aromatic rings. The number of hydrogen-bond donors (Lipinski definition) is 6. The van der Waals surface area contributed by atoms with Gasteiger partial charge >= 0.3 is 0 Å². The molecule has 10 nitrogen and oxygen atoms in total. The van der Waals surface area contributed by atoms with Crippen LogP contribution in [0.3, 0.4) is 0 Å². The molecule has 2 aromatic heterocycles. The molecule has 0 fully saturated rings. The standard InChI is InChI=1S/C32H25N7O3S2/c40-23-15-16-24(25(41)17-23)27-26-28(38-32(39-29(26)42)44-18-19-7-3-1-4-8-19)37-30(36-27)33-21-11-13-22(14-12-21)35-31(43)34-20-9-5-2-6-10-20/h1-17,40-41H,18H2,(H2,34,35,43)(H2,33,36,37,38,39,42). The number of rotatable bonds is 8. The number of nitrogens with zero attached hydrogens (tertiary/aromatic N) is 3. The van der Waals surface area contributed by atoms with Crippen molar-refractivity contribution in [3.05, 3.63) is 119 Å². The summed E-state index contributed by atoms with van der Waals surface area (Å²) in [5, 5.41) is 30.9. The summed E-state index contributed by atoms with van der Waals surface area (Å²) in [6.45, 7) is 0. The summed E-state index contributed by atoms with van der Waals surface area (Å²) in [6.07, 6.45) is 0. The summed E-state index contributed by atoms with van der Waals surface area (Å²) in [6, 6.07) is 30.9. The fourth-order valence-corrected chi connectivity index (χ4v) is 5.42. The number of thiocarbonyl (C=S) groups is 1. The molecule has 0 spiro atoms. The van der Waals surface area contributed by atoms with Crippen molar-refractivity contribution < 1.29 is 10.2 Å². The van der Waals surface area contributed by atoms with Gasteiger partial charge in [0.05, 0.1) is 5.69 Å². The molecule has 0 saturated heterocycles. The van der Waals surface area contributed by atoms with Crippen LogP contribution in [0.15, 0.2) is 113 Å². The number of nitrogens with one attached hydrogen (secondary N) is 4. The van der Waals surface area contributed by atoms with Crippen LogP contribution in [-0.2, 0) is 5.75 Å². The fraction of sp³-hybridized carbons (Fsp3) is 0.0312. The molecule has 0 atom stereocenters. The molecule has 0 aliphatic rings. The van der Waals surface area contributed by atoms with Crippen LogP contribution >= 0.6 is 24.0 Å². The number of phenolic OH excluding ortho intramolecular Hbond substituents is 2. The third-order valence-corrected chi connectivity index (χ3v) is 7.58. The molecule has 0 amide bonds. The van der Waals surface area contributed by atoms with Crippen molar-refractivity contribution in [2.75, 3.05) is 16.0 Å². The maximum atomic E-state index is 13.3. The lowest BCUT2D eigenvalue weighted by Crippen LogP contribution is -2.18. The Morgan fingerprint density at radius 2 is 1.45 bits per heavy atom. The monoisotopic (exact) mass is 619 g/mol. The molecule has 12 heteroatoms. The van der Waals surface area contributed by atoms with Crippen molar-refractivity contribution in [2.45, 2.75) is 10.9 Å². The Morgan fingerprint density at radius 1 is 0.795 bits per heavy atom. The number of fused-ring (bicyclic) bond motifs is 1. The Kier molecular flexibility index (Phi) is 8.34. The van der Waals surface area contributed by atoms with Gasteiger partial charge in [0, 0.05) is 34.4 Å². The van der Waals surface area contributed by atoms with Crippen molar-refractivity contribution in [3.63, 3.8) is 0 Å². The maximum Gasteiger partial charge on any atom is 0.263 e. The van der Waals surface area contributed by atoms with E-state index in [-0.39, 0.29) is 39.7 Å². The van der Waals surface area contributed by atoms with E-state index >= 15 is 0 Å². The Morgan fingerprint density at radius 3 is 2.16 bits per heavy atom. The van der Waals surface area contributed by atoms with E-state index in [1.54, 1.807) is 0 Å². The minimum absolute atomic E-state index is 0.111. The van der Waals surface area contributed by atoms with Crippen LogP contribution in [0.1, 0.15) is 5.56 Å². The zero-order chi connectivity index (χ0) is 30.5. The van der Waals surface area contributed by atoms with Gasteiger partial charge in [-0.2, -0.15) is 4.98 Å². The van der Waals surface area contributed by atoms with E-state index < -0.39 is 5.56 Å². The van der Waals surface area contributed by atoms with E-state index in [1.807, 2.05) is 84.9 Å². The summed E-state index contributed by atoms with van der Waals surface area (Å²) >= 11 is 6.79. The van der Waals surface area contributed by atoms with Gasteiger partial charge in [-0.3, -0.25) is 4.79 Å². The number of anilines is 4. The van der Waals surface area contributed by atoms with Gasteiger partial charge in [0.25, 0.3) is 5.56 Å². The highest BCUT2D eigenvalue weighted by molar-refractivity contribution is 7.98. The number of benzene rings is 4. The van der Waals surface area contributed by atoms with Gasteiger partial charge in [-0.1, -0.05) is 60.3 Å². The molecule has 2 heterocycles. The van der Waals surface area contributed by atoms with Gasteiger partial charge < -0.3 is 31.1 Å². The normalized spacial score (nSPS) is 10.8. The van der Waals surface area contributed by atoms with Crippen LogP contribution in [0.4, 0.5) is 23.0 Å². The van der Waals surface area contributed by atoms with Crippen molar-refractivity contribution in [3.8, 4) is 22.8 Å². The molecule has 0 bridgehead atoms. The van der Waals surface area contributed by atoms with Crippen molar-refractivity contribution >= 4 is 63.1 Å². The highest BCUT2D eigenvalue weighted by Crippen LogP contribution is 2.35. The molecule has 6 N–H and O–H groups in total. The van der Waals surface area contributed by atoms with E-state index in [2.05, 4.69) is 35.9 Å². The molecular weight excluding hydrogens is 595 g/mol. The Hall–Kier alpha value is -5.46. The summed E-state index contributed by atoms with van der Waals surface area (Å²) in [7, 11) is 0. The Balaban J connectivity index is 1.30. The molecule has 0 aliphatic carbocycles. The summed E-state index contributed by atoms with van der Waals surface area (Å²) in [4.78, 5) is 29.9. The van der Waals surface area contributed by atoms with Crippen LogP contribution in [0.5, 0.6) is 11.5 Å². The largest absolute Gasteiger partial charge is 0.508 e. The van der Waals surface area contributed by atoms with E-state index in [4.69, 9.17) is 12.2 Å². The van der Waals surface area contributed by atoms with Crippen molar-refractivity contribution in [1.82, 2.24) is 19.9 Å². The minimum Gasteiger partial charge on any atom is -0.508 e. The van der Waals surface area contributed by atoms with Crippen LogP contribution in [-0.4, -0.2) is 35.3 Å². The Bertz CT molecular complexity index is 2010. The topological polar surface area (TPSA) is 148 Å². The molecule has 0 unspecified atom stereocenters. The average molecular weight is 620 g/mol. The second kappa shape index (κ2) is 12.8. The highest BCUT2D eigenvalue weighted by Gasteiger charge is 2.19. The third kappa shape index (κ3) is 6.77.